The molecule has 0 unspecified atom stereocenters. The lowest BCUT2D eigenvalue weighted by Gasteiger charge is -2.24. The number of ether oxygens (including phenoxy) is 3. The van der Waals surface area contributed by atoms with E-state index in [1.165, 1.54) is 0 Å². The Hall–Kier alpha value is -3.79. The monoisotopic (exact) mass is 390 g/mol. The van der Waals surface area contributed by atoms with Crippen molar-refractivity contribution in [2.75, 3.05) is 13.2 Å². The van der Waals surface area contributed by atoms with E-state index in [1.807, 2.05) is 34.9 Å². The Morgan fingerprint density at radius 1 is 1.14 bits per heavy atom. The number of para-hydroxylation sites is 3. The van der Waals surface area contributed by atoms with E-state index >= 15 is 0 Å². The molecule has 29 heavy (non-hydrogen) atoms. The number of esters is 1. The van der Waals surface area contributed by atoms with Gasteiger partial charge in [0.2, 0.25) is 11.9 Å². The van der Waals surface area contributed by atoms with Gasteiger partial charge in [-0.25, -0.2) is 4.79 Å². The van der Waals surface area contributed by atoms with E-state index in [-0.39, 0.29) is 12.4 Å². The SMILES string of the molecule is N#CCCn1cc(C(=O)COC(=O)[C@@H]2COc3ccccc3O2)c2ccccc21. The fraction of sp³-hybridized carbons (Fsp3) is 0.227. The van der Waals surface area contributed by atoms with Crippen molar-refractivity contribution in [3.63, 3.8) is 0 Å². The third-order valence-corrected chi connectivity index (χ3v) is 4.67. The molecule has 1 aromatic heterocycles. The summed E-state index contributed by atoms with van der Waals surface area (Å²) in [6, 6.07) is 16.6. The number of nitrogens with zero attached hydrogens (tertiary/aromatic N) is 2. The normalized spacial score (nSPS) is 14.9. The minimum atomic E-state index is -0.922. The van der Waals surface area contributed by atoms with Crippen LogP contribution in [0, 0.1) is 11.3 Å². The van der Waals surface area contributed by atoms with Crippen LogP contribution in [0.3, 0.4) is 0 Å². The number of carbonyl (C=O) groups excluding carboxylic acids is 2. The number of Topliss-reactive ketones (excluding diaryl/α,β-unsaturated/α-hetero) is 1. The van der Waals surface area contributed by atoms with Crippen molar-refractivity contribution < 1.29 is 23.8 Å². The summed E-state index contributed by atoms with van der Waals surface area (Å²) in [4.78, 5) is 25.0. The van der Waals surface area contributed by atoms with Gasteiger partial charge in [0.05, 0.1) is 12.5 Å². The first-order valence-corrected chi connectivity index (χ1v) is 9.20. The van der Waals surface area contributed by atoms with Crippen LogP contribution >= 0.6 is 0 Å². The fourth-order valence-corrected chi connectivity index (χ4v) is 3.27. The lowest BCUT2D eigenvalue weighted by atomic mass is 10.1. The number of nitriles is 1. The molecule has 1 aliphatic rings. The highest BCUT2D eigenvalue weighted by molar-refractivity contribution is 6.09. The van der Waals surface area contributed by atoms with Gasteiger partial charge in [-0.1, -0.05) is 30.3 Å². The van der Waals surface area contributed by atoms with E-state index in [0.29, 0.717) is 30.0 Å². The molecule has 0 bridgehead atoms. The molecule has 0 saturated heterocycles. The van der Waals surface area contributed by atoms with E-state index in [2.05, 4.69) is 6.07 Å². The van der Waals surface area contributed by atoms with Crippen LogP contribution in [-0.2, 0) is 16.1 Å². The zero-order chi connectivity index (χ0) is 20.2. The number of hydrogen-bond acceptors (Lipinski definition) is 6. The quantitative estimate of drug-likeness (QED) is 0.474. The number of benzene rings is 2. The molecule has 0 saturated carbocycles. The zero-order valence-electron chi connectivity index (χ0n) is 15.5. The maximum atomic E-state index is 12.7. The summed E-state index contributed by atoms with van der Waals surface area (Å²) in [7, 11) is 0. The first kappa shape index (κ1) is 18.6. The van der Waals surface area contributed by atoms with Crippen molar-refractivity contribution in [3.05, 3.63) is 60.3 Å². The fourth-order valence-electron chi connectivity index (χ4n) is 3.27. The molecular weight excluding hydrogens is 372 g/mol. The van der Waals surface area contributed by atoms with Crippen LogP contribution in [0.2, 0.25) is 0 Å². The highest BCUT2D eigenvalue weighted by Crippen LogP contribution is 2.31. The predicted molar refractivity (Wildman–Crippen MR) is 104 cm³/mol. The molecule has 0 aliphatic carbocycles. The van der Waals surface area contributed by atoms with E-state index in [4.69, 9.17) is 19.5 Å². The molecule has 1 atom stereocenters. The molecule has 2 heterocycles. The summed E-state index contributed by atoms with van der Waals surface area (Å²) in [5, 5.41) is 9.60. The number of ketones is 1. The molecule has 0 amide bonds. The van der Waals surface area contributed by atoms with E-state index in [9.17, 15) is 9.59 Å². The molecule has 1 aliphatic heterocycles. The molecule has 0 spiro atoms. The second-order valence-electron chi connectivity index (χ2n) is 6.56. The summed E-state index contributed by atoms with van der Waals surface area (Å²) in [5.41, 5.74) is 1.32. The van der Waals surface area contributed by atoms with Crippen molar-refractivity contribution in [2.45, 2.75) is 19.1 Å². The van der Waals surface area contributed by atoms with E-state index in [1.54, 1.807) is 24.4 Å². The van der Waals surface area contributed by atoms with Crippen LogP contribution in [0.25, 0.3) is 10.9 Å². The van der Waals surface area contributed by atoms with Crippen LogP contribution in [-0.4, -0.2) is 35.6 Å². The topological polar surface area (TPSA) is 90.6 Å². The van der Waals surface area contributed by atoms with Crippen LogP contribution in [0.15, 0.2) is 54.7 Å². The Labute approximate surface area is 167 Å². The summed E-state index contributed by atoms with van der Waals surface area (Å²) < 4.78 is 18.2. The van der Waals surface area contributed by atoms with Gasteiger partial charge < -0.3 is 18.8 Å². The Morgan fingerprint density at radius 3 is 2.72 bits per heavy atom. The molecule has 0 radical (unpaired) electrons. The van der Waals surface area contributed by atoms with Gasteiger partial charge in [0, 0.05) is 29.2 Å². The number of aryl methyl sites for hydroxylation is 1. The second kappa shape index (κ2) is 8.07. The van der Waals surface area contributed by atoms with Crippen molar-refractivity contribution in [3.8, 4) is 17.6 Å². The van der Waals surface area contributed by atoms with Gasteiger partial charge >= 0.3 is 5.97 Å². The number of fused-ring (bicyclic) bond motifs is 2. The molecule has 0 fully saturated rings. The van der Waals surface area contributed by atoms with Gasteiger partial charge in [-0.2, -0.15) is 5.26 Å². The van der Waals surface area contributed by atoms with Crippen LogP contribution < -0.4 is 9.47 Å². The number of rotatable bonds is 6. The van der Waals surface area contributed by atoms with Gasteiger partial charge in [0.1, 0.15) is 6.61 Å². The maximum Gasteiger partial charge on any atom is 0.351 e. The molecule has 146 valence electrons. The third kappa shape index (κ3) is 3.78. The van der Waals surface area contributed by atoms with Crippen molar-refractivity contribution >= 4 is 22.7 Å². The highest BCUT2D eigenvalue weighted by atomic mass is 16.6. The molecule has 7 nitrogen and oxygen atoms in total. The number of carbonyl (C=O) groups is 2. The predicted octanol–water partition coefficient (Wildman–Crippen LogP) is 3.12. The van der Waals surface area contributed by atoms with Crippen molar-refractivity contribution in [1.29, 1.82) is 5.26 Å². The van der Waals surface area contributed by atoms with Crippen LogP contribution in [0.4, 0.5) is 0 Å². The van der Waals surface area contributed by atoms with Gasteiger partial charge in [-0.3, -0.25) is 4.79 Å². The van der Waals surface area contributed by atoms with Crippen LogP contribution in [0.1, 0.15) is 16.8 Å². The average molecular weight is 390 g/mol. The molecule has 7 heteroatoms. The van der Waals surface area contributed by atoms with Gasteiger partial charge in [0.15, 0.2) is 18.1 Å². The summed E-state index contributed by atoms with van der Waals surface area (Å²) >= 11 is 0. The molecular formula is C22H18N2O5. The Bertz CT molecular complexity index is 1110. The molecule has 2 aromatic carbocycles. The van der Waals surface area contributed by atoms with E-state index < -0.39 is 18.7 Å². The maximum absolute atomic E-state index is 12.7. The Balaban J connectivity index is 1.44. The zero-order valence-corrected chi connectivity index (χ0v) is 15.5. The third-order valence-electron chi connectivity index (χ3n) is 4.67. The molecule has 3 aromatic rings. The lowest BCUT2D eigenvalue weighted by Crippen LogP contribution is -2.38. The number of aromatic nitrogens is 1. The second-order valence-corrected chi connectivity index (χ2v) is 6.56. The minimum Gasteiger partial charge on any atom is -0.485 e. The Morgan fingerprint density at radius 2 is 1.90 bits per heavy atom. The summed E-state index contributed by atoms with van der Waals surface area (Å²) in [5.74, 6) is 0.0638. The summed E-state index contributed by atoms with van der Waals surface area (Å²) in [6.45, 7) is 0.112. The first-order valence-electron chi connectivity index (χ1n) is 9.20. The minimum absolute atomic E-state index is 0.0253. The van der Waals surface area contributed by atoms with Gasteiger partial charge in [-0.05, 0) is 18.2 Å². The molecule has 4 rings (SSSR count). The number of hydrogen-bond donors (Lipinski definition) is 0. The molecule has 0 N–H and O–H groups in total. The van der Waals surface area contributed by atoms with E-state index in [0.717, 1.165) is 10.9 Å². The lowest BCUT2D eigenvalue weighted by molar-refractivity contribution is -0.153. The first-order chi connectivity index (χ1) is 14.2. The largest absolute Gasteiger partial charge is 0.485 e. The van der Waals surface area contributed by atoms with Crippen LogP contribution in [0.5, 0.6) is 11.5 Å². The standard InChI is InChI=1S/C22H18N2O5/c23-10-5-11-24-12-16(15-6-1-2-7-17(15)24)18(25)13-28-22(26)21-14-27-19-8-3-4-9-20(19)29-21/h1-4,6-9,12,21H,5,11,13-14H2/t21-/m0/s1. The Kier molecular flexibility index (Phi) is 5.16. The van der Waals surface area contributed by atoms with Gasteiger partial charge in [-0.15, -0.1) is 0 Å². The smallest absolute Gasteiger partial charge is 0.351 e. The van der Waals surface area contributed by atoms with Crippen molar-refractivity contribution in [2.24, 2.45) is 0 Å². The van der Waals surface area contributed by atoms with Gasteiger partial charge in [0.25, 0.3) is 0 Å². The van der Waals surface area contributed by atoms with Crippen molar-refractivity contribution in [1.82, 2.24) is 4.57 Å². The highest BCUT2D eigenvalue weighted by Gasteiger charge is 2.29. The summed E-state index contributed by atoms with van der Waals surface area (Å²) in [6.07, 6.45) is 1.12. The average Bonchev–Trinajstić information content (AvgIpc) is 3.14.